The van der Waals surface area contributed by atoms with Crippen molar-refractivity contribution < 1.29 is 4.42 Å². The van der Waals surface area contributed by atoms with E-state index >= 15 is 0 Å². The molecule has 5 heteroatoms. The quantitative estimate of drug-likeness (QED) is 0.607. The second-order valence-corrected chi connectivity index (χ2v) is 3.88. The van der Waals surface area contributed by atoms with E-state index in [9.17, 15) is 0 Å². The van der Waals surface area contributed by atoms with Crippen molar-refractivity contribution in [2.24, 2.45) is 0 Å². The summed E-state index contributed by atoms with van der Waals surface area (Å²) in [6.07, 6.45) is 1.61. The Labute approximate surface area is 96.5 Å². The summed E-state index contributed by atoms with van der Waals surface area (Å²) >= 11 is 6.07. The van der Waals surface area contributed by atoms with Crippen LogP contribution in [-0.2, 0) is 0 Å². The number of fused-ring (bicyclic) bond motifs is 1. The molecule has 0 aliphatic rings. The molecule has 0 fully saturated rings. The molecule has 0 aliphatic heterocycles. The number of furan rings is 1. The Bertz CT molecular complexity index is 643. The van der Waals surface area contributed by atoms with Gasteiger partial charge in [0.15, 0.2) is 11.4 Å². The highest BCUT2D eigenvalue weighted by Crippen LogP contribution is 2.21. The van der Waals surface area contributed by atoms with Crippen LogP contribution in [-0.4, -0.2) is 14.6 Å². The van der Waals surface area contributed by atoms with Crippen molar-refractivity contribution in [1.82, 2.24) is 14.6 Å². The van der Waals surface area contributed by atoms with Crippen LogP contribution in [0.3, 0.4) is 0 Å². The molecule has 0 spiro atoms. The third kappa shape index (κ3) is 1.39. The maximum atomic E-state index is 6.07. The molecule has 0 amide bonds. The van der Waals surface area contributed by atoms with Gasteiger partial charge in [-0.15, -0.1) is 0 Å². The molecular formula is C11H8ClN3O. The highest BCUT2D eigenvalue weighted by Gasteiger charge is 2.09. The Balaban J connectivity index is 2.27. The van der Waals surface area contributed by atoms with E-state index in [4.69, 9.17) is 16.0 Å². The molecule has 0 N–H and O–H groups in total. The molecule has 0 atom stereocenters. The van der Waals surface area contributed by atoms with Gasteiger partial charge in [-0.05, 0) is 25.1 Å². The topological polar surface area (TPSA) is 43.3 Å². The predicted molar refractivity (Wildman–Crippen MR) is 60.4 cm³/mol. The van der Waals surface area contributed by atoms with Crippen LogP contribution in [0.4, 0.5) is 0 Å². The number of rotatable bonds is 1. The second kappa shape index (κ2) is 3.35. The standard InChI is InChI=1S/C11H8ClN3O/c1-7-5-10(12)15-11(13-7)6-8(14-15)9-3-2-4-16-9/h2-6H,1H3. The minimum absolute atomic E-state index is 0.542. The van der Waals surface area contributed by atoms with Gasteiger partial charge in [-0.25, -0.2) is 9.50 Å². The Morgan fingerprint density at radius 2 is 2.25 bits per heavy atom. The van der Waals surface area contributed by atoms with Crippen LogP contribution in [0.25, 0.3) is 17.1 Å². The van der Waals surface area contributed by atoms with E-state index in [0.717, 1.165) is 17.0 Å². The maximum absolute atomic E-state index is 6.07. The third-order valence-electron chi connectivity index (χ3n) is 2.29. The van der Waals surface area contributed by atoms with E-state index in [0.29, 0.717) is 10.9 Å². The lowest BCUT2D eigenvalue weighted by Gasteiger charge is -1.96. The van der Waals surface area contributed by atoms with Crippen LogP contribution in [0.5, 0.6) is 0 Å². The summed E-state index contributed by atoms with van der Waals surface area (Å²) in [6.45, 7) is 1.89. The molecule has 0 bridgehead atoms. The Morgan fingerprint density at radius 1 is 1.38 bits per heavy atom. The van der Waals surface area contributed by atoms with Gasteiger partial charge >= 0.3 is 0 Å². The molecule has 0 saturated heterocycles. The van der Waals surface area contributed by atoms with Crippen LogP contribution >= 0.6 is 11.6 Å². The Morgan fingerprint density at radius 3 is 3.00 bits per heavy atom. The number of aryl methyl sites for hydroxylation is 1. The van der Waals surface area contributed by atoms with Gasteiger partial charge in [-0.2, -0.15) is 5.10 Å². The Hall–Kier alpha value is -1.81. The van der Waals surface area contributed by atoms with Gasteiger partial charge in [0, 0.05) is 11.8 Å². The van der Waals surface area contributed by atoms with Gasteiger partial charge in [-0.3, -0.25) is 0 Å². The van der Waals surface area contributed by atoms with Crippen LogP contribution < -0.4 is 0 Å². The van der Waals surface area contributed by atoms with Gasteiger partial charge in [-0.1, -0.05) is 11.6 Å². The molecule has 16 heavy (non-hydrogen) atoms. The number of aromatic nitrogens is 3. The summed E-state index contributed by atoms with van der Waals surface area (Å²) in [5.41, 5.74) is 2.31. The van der Waals surface area contributed by atoms with Gasteiger partial charge in [0.05, 0.1) is 6.26 Å². The zero-order chi connectivity index (χ0) is 11.1. The van der Waals surface area contributed by atoms with Gasteiger partial charge in [0.1, 0.15) is 10.8 Å². The van der Waals surface area contributed by atoms with Gasteiger partial charge < -0.3 is 4.42 Å². The van der Waals surface area contributed by atoms with Crippen LogP contribution in [0.2, 0.25) is 5.15 Å². The van der Waals surface area contributed by atoms with E-state index in [1.807, 2.05) is 25.1 Å². The monoisotopic (exact) mass is 233 g/mol. The smallest absolute Gasteiger partial charge is 0.157 e. The first-order valence-electron chi connectivity index (χ1n) is 4.81. The molecule has 3 aromatic heterocycles. The number of halogens is 1. The lowest BCUT2D eigenvalue weighted by molar-refractivity contribution is 0.579. The van der Waals surface area contributed by atoms with Crippen LogP contribution in [0.1, 0.15) is 5.69 Å². The fourth-order valence-corrected chi connectivity index (χ4v) is 1.88. The van der Waals surface area contributed by atoms with Crippen molar-refractivity contribution in [2.45, 2.75) is 6.92 Å². The molecule has 0 aliphatic carbocycles. The van der Waals surface area contributed by atoms with Crippen molar-refractivity contribution in [1.29, 1.82) is 0 Å². The van der Waals surface area contributed by atoms with Crippen molar-refractivity contribution >= 4 is 17.2 Å². The molecule has 3 aromatic rings. The highest BCUT2D eigenvalue weighted by atomic mass is 35.5. The molecule has 80 valence electrons. The van der Waals surface area contributed by atoms with Gasteiger partial charge in [0.25, 0.3) is 0 Å². The lowest BCUT2D eigenvalue weighted by Crippen LogP contribution is -1.93. The zero-order valence-electron chi connectivity index (χ0n) is 8.51. The number of hydrogen-bond donors (Lipinski definition) is 0. The summed E-state index contributed by atoms with van der Waals surface area (Å²) < 4.78 is 6.86. The fraction of sp³-hybridized carbons (Fsp3) is 0.0909. The molecule has 3 heterocycles. The van der Waals surface area contributed by atoms with E-state index in [2.05, 4.69) is 10.1 Å². The second-order valence-electron chi connectivity index (χ2n) is 3.50. The summed E-state index contributed by atoms with van der Waals surface area (Å²) in [7, 11) is 0. The normalized spacial score (nSPS) is 11.1. The van der Waals surface area contributed by atoms with E-state index in [1.165, 1.54) is 0 Å². The van der Waals surface area contributed by atoms with E-state index in [1.54, 1.807) is 16.8 Å². The SMILES string of the molecule is Cc1cc(Cl)n2nc(-c3ccco3)cc2n1. The minimum atomic E-state index is 0.542. The highest BCUT2D eigenvalue weighted by molar-refractivity contribution is 6.29. The van der Waals surface area contributed by atoms with Gasteiger partial charge in [0.2, 0.25) is 0 Å². The Kier molecular flexibility index (Phi) is 1.97. The summed E-state index contributed by atoms with van der Waals surface area (Å²) in [4.78, 5) is 4.34. The first-order valence-corrected chi connectivity index (χ1v) is 5.18. The summed E-state index contributed by atoms with van der Waals surface area (Å²) in [5.74, 6) is 0.708. The first-order chi connectivity index (χ1) is 7.74. The minimum Gasteiger partial charge on any atom is -0.463 e. The average Bonchev–Trinajstić information content (AvgIpc) is 2.82. The first kappa shape index (κ1) is 9.42. The molecule has 4 nitrogen and oxygen atoms in total. The zero-order valence-corrected chi connectivity index (χ0v) is 9.27. The molecule has 0 unspecified atom stereocenters. The molecule has 0 saturated carbocycles. The summed E-state index contributed by atoms with van der Waals surface area (Å²) in [6, 6.07) is 7.29. The van der Waals surface area contributed by atoms with Crippen molar-refractivity contribution in [3.63, 3.8) is 0 Å². The summed E-state index contributed by atoms with van der Waals surface area (Å²) in [5, 5.41) is 4.87. The van der Waals surface area contributed by atoms with Crippen molar-refractivity contribution in [3.05, 3.63) is 41.4 Å². The fourth-order valence-electron chi connectivity index (χ4n) is 1.60. The average molecular weight is 234 g/mol. The van der Waals surface area contributed by atoms with E-state index < -0.39 is 0 Å². The van der Waals surface area contributed by atoms with Crippen LogP contribution in [0.15, 0.2) is 34.9 Å². The lowest BCUT2D eigenvalue weighted by atomic mass is 10.3. The number of hydrogen-bond acceptors (Lipinski definition) is 3. The number of nitrogens with zero attached hydrogens (tertiary/aromatic N) is 3. The largest absolute Gasteiger partial charge is 0.463 e. The van der Waals surface area contributed by atoms with Crippen LogP contribution in [0, 0.1) is 6.92 Å². The molecule has 3 rings (SSSR count). The molecule has 0 radical (unpaired) electrons. The molecule has 0 aromatic carbocycles. The van der Waals surface area contributed by atoms with Crippen molar-refractivity contribution in [3.8, 4) is 11.5 Å². The molecular weight excluding hydrogens is 226 g/mol. The maximum Gasteiger partial charge on any atom is 0.157 e. The van der Waals surface area contributed by atoms with Crippen molar-refractivity contribution in [2.75, 3.05) is 0 Å². The predicted octanol–water partition coefficient (Wildman–Crippen LogP) is 2.95. The van der Waals surface area contributed by atoms with E-state index in [-0.39, 0.29) is 0 Å². The third-order valence-corrected chi connectivity index (χ3v) is 2.55.